The van der Waals surface area contributed by atoms with Crippen LogP contribution in [0.1, 0.15) is 50.8 Å². The van der Waals surface area contributed by atoms with E-state index in [1.165, 1.54) is 4.31 Å². The highest BCUT2D eigenvalue weighted by molar-refractivity contribution is 7.92. The first-order valence-corrected chi connectivity index (χ1v) is 12.0. The maximum Gasteiger partial charge on any atom is 0.244 e. The third kappa shape index (κ3) is 4.78. The SMILES string of the molecule is CC[C@H](C(=O)N[C@@H]1CC(C)(C)Oc2cc(C)ccc21)N(c1ccccc1)S(C)(=O)=O. The van der Waals surface area contributed by atoms with E-state index in [9.17, 15) is 13.2 Å². The Morgan fingerprint density at radius 3 is 2.50 bits per heavy atom. The highest BCUT2D eigenvalue weighted by Gasteiger charge is 2.37. The van der Waals surface area contributed by atoms with Crippen LogP contribution in [0, 0.1) is 6.92 Å². The number of fused-ring (bicyclic) bond motifs is 1. The number of sulfonamides is 1. The summed E-state index contributed by atoms with van der Waals surface area (Å²) in [6, 6.07) is 13.6. The first-order chi connectivity index (χ1) is 14.0. The van der Waals surface area contributed by atoms with Gasteiger partial charge in [-0.1, -0.05) is 37.3 Å². The summed E-state index contributed by atoms with van der Waals surface area (Å²) in [6.07, 6.45) is 2.07. The average Bonchev–Trinajstić information content (AvgIpc) is 2.64. The van der Waals surface area contributed by atoms with Crippen LogP contribution in [0.3, 0.4) is 0 Å². The number of carbonyl (C=O) groups is 1. The molecular weight excluding hydrogens is 400 g/mol. The standard InChI is InChI=1S/C23H30N2O4S/c1-6-20(25(30(5,27)28)17-10-8-7-9-11-17)22(26)24-19-15-23(3,4)29-21-14-16(2)12-13-18(19)21/h7-14,19-20H,6,15H2,1-5H3,(H,24,26)/t19-,20-/m1/s1. The number of hydrogen-bond acceptors (Lipinski definition) is 4. The molecule has 2 atom stereocenters. The molecule has 0 spiro atoms. The molecule has 0 radical (unpaired) electrons. The van der Waals surface area contributed by atoms with E-state index in [-0.39, 0.29) is 11.9 Å². The van der Waals surface area contributed by atoms with Gasteiger partial charge in [0.15, 0.2) is 0 Å². The number of carbonyl (C=O) groups excluding carboxylic acids is 1. The molecule has 6 nitrogen and oxygen atoms in total. The maximum atomic E-state index is 13.3. The molecule has 1 amide bonds. The van der Waals surface area contributed by atoms with Gasteiger partial charge in [0.05, 0.1) is 18.0 Å². The van der Waals surface area contributed by atoms with Crippen molar-refractivity contribution in [3.05, 3.63) is 59.7 Å². The zero-order valence-electron chi connectivity index (χ0n) is 18.2. The van der Waals surface area contributed by atoms with E-state index >= 15 is 0 Å². The Labute approximate surface area is 179 Å². The fourth-order valence-electron chi connectivity index (χ4n) is 3.99. The maximum absolute atomic E-state index is 13.3. The van der Waals surface area contributed by atoms with Crippen molar-refractivity contribution < 1.29 is 17.9 Å². The van der Waals surface area contributed by atoms with Gasteiger partial charge in [-0.25, -0.2) is 8.42 Å². The molecule has 0 saturated carbocycles. The molecule has 1 N–H and O–H groups in total. The van der Waals surface area contributed by atoms with Crippen LogP contribution in [0.4, 0.5) is 5.69 Å². The zero-order chi connectivity index (χ0) is 22.1. The highest BCUT2D eigenvalue weighted by Crippen LogP contribution is 2.40. The van der Waals surface area contributed by atoms with Gasteiger partial charge in [0.1, 0.15) is 17.4 Å². The lowest BCUT2D eigenvalue weighted by Gasteiger charge is -2.39. The van der Waals surface area contributed by atoms with E-state index in [2.05, 4.69) is 5.32 Å². The van der Waals surface area contributed by atoms with E-state index in [0.29, 0.717) is 18.5 Å². The normalized spacial score (nSPS) is 18.6. The van der Waals surface area contributed by atoms with Crippen LogP contribution in [0.2, 0.25) is 0 Å². The van der Waals surface area contributed by atoms with Crippen LogP contribution in [-0.4, -0.2) is 32.2 Å². The van der Waals surface area contributed by atoms with Crippen molar-refractivity contribution in [3.8, 4) is 5.75 Å². The smallest absolute Gasteiger partial charge is 0.244 e. The third-order valence-corrected chi connectivity index (χ3v) is 6.46. The van der Waals surface area contributed by atoms with Crippen LogP contribution in [0.15, 0.2) is 48.5 Å². The molecule has 7 heteroatoms. The first-order valence-electron chi connectivity index (χ1n) is 10.2. The summed E-state index contributed by atoms with van der Waals surface area (Å²) >= 11 is 0. The van der Waals surface area contributed by atoms with Crippen LogP contribution < -0.4 is 14.4 Å². The molecule has 1 aliphatic heterocycles. The lowest BCUT2D eigenvalue weighted by atomic mass is 9.89. The summed E-state index contributed by atoms with van der Waals surface area (Å²) in [7, 11) is -3.66. The number of aryl methyl sites for hydroxylation is 1. The molecule has 30 heavy (non-hydrogen) atoms. The van der Waals surface area contributed by atoms with E-state index < -0.39 is 21.7 Å². The lowest BCUT2D eigenvalue weighted by molar-refractivity contribution is -0.123. The molecule has 3 rings (SSSR count). The minimum absolute atomic E-state index is 0.261. The van der Waals surface area contributed by atoms with Crippen molar-refractivity contribution in [1.82, 2.24) is 5.32 Å². The minimum atomic E-state index is -3.66. The van der Waals surface area contributed by atoms with Gasteiger partial charge in [-0.3, -0.25) is 9.10 Å². The Morgan fingerprint density at radius 2 is 1.90 bits per heavy atom. The minimum Gasteiger partial charge on any atom is -0.487 e. The average molecular weight is 431 g/mol. The Balaban J connectivity index is 1.93. The molecule has 0 fully saturated rings. The van der Waals surface area contributed by atoms with Gasteiger partial charge in [0.2, 0.25) is 15.9 Å². The van der Waals surface area contributed by atoms with Gasteiger partial charge in [0, 0.05) is 12.0 Å². The molecule has 0 unspecified atom stereocenters. The number of ether oxygens (including phenoxy) is 1. The second-order valence-corrected chi connectivity index (χ2v) is 10.3. The number of nitrogens with one attached hydrogen (secondary N) is 1. The lowest BCUT2D eigenvalue weighted by Crippen LogP contribution is -2.51. The number of benzene rings is 2. The number of anilines is 1. The summed E-state index contributed by atoms with van der Waals surface area (Å²) in [4.78, 5) is 13.3. The monoisotopic (exact) mass is 430 g/mol. The number of hydrogen-bond donors (Lipinski definition) is 1. The highest BCUT2D eigenvalue weighted by atomic mass is 32.2. The van der Waals surface area contributed by atoms with E-state index in [1.807, 2.05) is 52.0 Å². The molecule has 0 saturated heterocycles. The van der Waals surface area contributed by atoms with Gasteiger partial charge in [-0.15, -0.1) is 0 Å². The van der Waals surface area contributed by atoms with Crippen molar-refractivity contribution in [3.63, 3.8) is 0 Å². The summed E-state index contributed by atoms with van der Waals surface area (Å²) in [5.41, 5.74) is 2.02. The van der Waals surface area contributed by atoms with Crippen LogP contribution >= 0.6 is 0 Å². The van der Waals surface area contributed by atoms with Crippen LogP contribution in [0.25, 0.3) is 0 Å². The van der Waals surface area contributed by atoms with Crippen molar-refractivity contribution in [1.29, 1.82) is 0 Å². The van der Waals surface area contributed by atoms with Crippen molar-refractivity contribution in [2.45, 2.75) is 58.2 Å². The summed E-state index contributed by atoms with van der Waals surface area (Å²) < 4.78 is 32.5. The topological polar surface area (TPSA) is 75.7 Å². The van der Waals surface area contributed by atoms with Crippen molar-refractivity contribution >= 4 is 21.6 Å². The van der Waals surface area contributed by atoms with Gasteiger partial charge < -0.3 is 10.1 Å². The fraction of sp³-hybridized carbons (Fsp3) is 0.435. The summed E-state index contributed by atoms with van der Waals surface area (Å²) in [6.45, 7) is 7.79. The van der Waals surface area contributed by atoms with Crippen molar-refractivity contribution in [2.24, 2.45) is 0 Å². The number of rotatable bonds is 6. The predicted molar refractivity (Wildman–Crippen MR) is 119 cm³/mol. The molecule has 2 aromatic carbocycles. The predicted octanol–water partition coefficient (Wildman–Crippen LogP) is 3.96. The Bertz CT molecular complexity index is 1020. The molecule has 0 aliphatic carbocycles. The van der Waals surface area contributed by atoms with Crippen LogP contribution in [-0.2, 0) is 14.8 Å². The van der Waals surface area contributed by atoms with Crippen molar-refractivity contribution in [2.75, 3.05) is 10.6 Å². The van der Waals surface area contributed by atoms with Gasteiger partial charge in [-0.05, 0) is 51.0 Å². The second kappa shape index (κ2) is 8.30. The number of amides is 1. The third-order valence-electron chi connectivity index (χ3n) is 5.28. The molecule has 2 aromatic rings. The quantitative estimate of drug-likeness (QED) is 0.753. The van der Waals surface area contributed by atoms with Crippen LogP contribution in [0.5, 0.6) is 5.75 Å². The molecule has 0 aromatic heterocycles. The Hall–Kier alpha value is -2.54. The van der Waals surface area contributed by atoms with E-state index in [0.717, 1.165) is 23.1 Å². The summed E-state index contributed by atoms with van der Waals surface area (Å²) in [5, 5.41) is 3.10. The van der Waals surface area contributed by atoms with E-state index in [4.69, 9.17) is 4.74 Å². The Kier molecular flexibility index (Phi) is 6.13. The molecule has 1 heterocycles. The zero-order valence-corrected chi connectivity index (χ0v) is 19.0. The van der Waals surface area contributed by atoms with E-state index in [1.54, 1.807) is 24.3 Å². The molecular formula is C23H30N2O4S. The van der Waals surface area contributed by atoms with Gasteiger partial charge in [0.25, 0.3) is 0 Å². The largest absolute Gasteiger partial charge is 0.487 e. The van der Waals surface area contributed by atoms with Gasteiger partial charge >= 0.3 is 0 Å². The fourth-order valence-corrected chi connectivity index (χ4v) is 5.20. The Morgan fingerprint density at radius 1 is 1.23 bits per heavy atom. The second-order valence-electron chi connectivity index (χ2n) is 8.49. The molecule has 0 bridgehead atoms. The molecule has 162 valence electrons. The van der Waals surface area contributed by atoms with Gasteiger partial charge in [-0.2, -0.15) is 0 Å². The number of nitrogens with zero attached hydrogens (tertiary/aromatic N) is 1. The summed E-state index contributed by atoms with van der Waals surface area (Å²) in [5.74, 6) is 0.439. The molecule has 1 aliphatic rings. The number of para-hydroxylation sites is 1. The first kappa shape index (κ1) is 22.2.